The summed E-state index contributed by atoms with van der Waals surface area (Å²) in [5.74, 6) is 0.586. The highest BCUT2D eigenvalue weighted by atomic mass is 16.5. The molecule has 27 heavy (non-hydrogen) atoms. The molecular weight excluding hydrogens is 338 g/mol. The molecule has 0 aliphatic rings. The number of benzene rings is 1. The summed E-state index contributed by atoms with van der Waals surface area (Å²) in [5.41, 5.74) is 1.08. The monoisotopic (exact) mass is 375 g/mol. The van der Waals surface area contributed by atoms with Crippen LogP contribution in [-0.2, 0) is 9.53 Å². The number of nitrogens with one attached hydrogen (secondary N) is 1. The standard InChI is InChI=1S/C23H37NO3/c1-4-6-7-8-9-10-11-13-20(14-12-15-23(25)27-5-2)24-21-16-18-22(26-3)19-17-21/h12,15-20,24H,4-11,13-14H2,1-3H3/b15-12+/t20-/m1/s1. The fourth-order valence-electron chi connectivity index (χ4n) is 3.04. The van der Waals surface area contributed by atoms with Crippen molar-refractivity contribution in [3.63, 3.8) is 0 Å². The van der Waals surface area contributed by atoms with Crippen molar-refractivity contribution in [3.8, 4) is 5.75 Å². The average molecular weight is 376 g/mol. The summed E-state index contributed by atoms with van der Waals surface area (Å²) in [4.78, 5) is 11.5. The highest BCUT2D eigenvalue weighted by Gasteiger charge is 2.08. The van der Waals surface area contributed by atoms with Crippen LogP contribution in [-0.4, -0.2) is 25.7 Å². The van der Waals surface area contributed by atoms with Gasteiger partial charge in [-0.3, -0.25) is 0 Å². The zero-order chi connectivity index (χ0) is 19.7. The highest BCUT2D eigenvalue weighted by molar-refractivity contribution is 5.81. The van der Waals surface area contributed by atoms with E-state index in [0.29, 0.717) is 12.6 Å². The molecule has 1 aromatic rings. The Balaban J connectivity index is 2.47. The maximum atomic E-state index is 11.5. The Kier molecular flexibility index (Phi) is 12.9. The number of anilines is 1. The maximum absolute atomic E-state index is 11.5. The van der Waals surface area contributed by atoms with Crippen molar-refractivity contribution < 1.29 is 14.3 Å². The molecule has 0 aliphatic heterocycles. The van der Waals surface area contributed by atoms with Gasteiger partial charge in [-0.25, -0.2) is 4.79 Å². The first-order chi connectivity index (χ1) is 13.2. The van der Waals surface area contributed by atoms with Gasteiger partial charge in [-0.2, -0.15) is 0 Å². The van der Waals surface area contributed by atoms with Gasteiger partial charge in [-0.15, -0.1) is 0 Å². The first kappa shape index (κ1) is 23.1. The van der Waals surface area contributed by atoms with Crippen LogP contribution < -0.4 is 10.1 Å². The number of carbonyl (C=O) groups is 1. The maximum Gasteiger partial charge on any atom is 0.330 e. The lowest BCUT2D eigenvalue weighted by Crippen LogP contribution is -2.18. The molecule has 0 radical (unpaired) electrons. The first-order valence-corrected chi connectivity index (χ1v) is 10.4. The molecule has 1 N–H and O–H groups in total. The van der Waals surface area contributed by atoms with E-state index >= 15 is 0 Å². The van der Waals surface area contributed by atoms with Crippen LogP contribution in [0.15, 0.2) is 36.4 Å². The van der Waals surface area contributed by atoms with Gasteiger partial charge in [0.2, 0.25) is 0 Å². The van der Waals surface area contributed by atoms with E-state index in [1.165, 1.54) is 51.0 Å². The molecule has 4 nitrogen and oxygen atoms in total. The number of ether oxygens (including phenoxy) is 2. The van der Waals surface area contributed by atoms with Gasteiger partial charge < -0.3 is 14.8 Å². The van der Waals surface area contributed by atoms with E-state index < -0.39 is 0 Å². The number of carbonyl (C=O) groups excluding carboxylic acids is 1. The van der Waals surface area contributed by atoms with Crippen LogP contribution in [0.4, 0.5) is 5.69 Å². The second-order valence-electron chi connectivity index (χ2n) is 6.87. The van der Waals surface area contributed by atoms with Crippen LogP contribution in [0.1, 0.15) is 71.6 Å². The number of hydrogen-bond donors (Lipinski definition) is 1. The Bertz CT molecular complexity index is 525. The third-order valence-electron chi connectivity index (χ3n) is 4.58. The van der Waals surface area contributed by atoms with Gasteiger partial charge >= 0.3 is 5.97 Å². The van der Waals surface area contributed by atoms with Gasteiger partial charge in [-0.05, 0) is 44.0 Å². The summed E-state index contributed by atoms with van der Waals surface area (Å²) in [6, 6.07) is 8.29. The molecule has 0 saturated heterocycles. The number of esters is 1. The smallest absolute Gasteiger partial charge is 0.330 e. The van der Waals surface area contributed by atoms with Gasteiger partial charge in [-0.1, -0.05) is 57.9 Å². The topological polar surface area (TPSA) is 47.6 Å². The predicted octanol–water partition coefficient (Wildman–Crippen LogP) is 6.13. The zero-order valence-electron chi connectivity index (χ0n) is 17.3. The molecule has 0 unspecified atom stereocenters. The Morgan fingerprint density at radius 1 is 1.04 bits per heavy atom. The van der Waals surface area contributed by atoms with E-state index in [1.54, 1.807) is 7.11 Å². The van der Waals surface area contributed by atoms with Crippen molar-refractivity contribution in [2.24, 2.45) is 0 Å². The summed E-state index contributed by atoms with van der Waals surface area (Å²) in [5, 5.41) is 3.59. The Morgan fingerprint density at radius 3 is 2.33 bits per heavy atom. The minimum absolute atomic E-state index is 0.267. The Labute approximate surface area is 165 Å². The normalized spacial score (nSPS) is 12.1. The largest absolute Gasteiger partial charge is 0.497 e. The summed E-state index contributed by atoms with van der Waals surface area (Å²) >= 11 is 0. The molecule has 152 valence electrons. The van der Waals surface area contributed by atoms with Crippen molar-refractivity contribution in [1.82, 2.24) is 0 Å². The van der Waals surface area contributed by atoms with Crippen LogP contribution in [0.2, 0.25) is 0 Å². The third kappa shape index (κ3) is 11.4. The van der Waals surface area contributed by atoms with Crippen LogP contribution in [0.25, 0.3) is 0 Å². The summed E-state index contributed by atoms with van der Waals surface area (Å²) in [7, 11) is 1.67. The van der Waals surface area contributed by atoms with E-state index in [2.05, 4.69) is 12.2 Å². The van der Waals surface area contributed by atoms with Gasteiger partial charge in [0.05, 0.1) is 13.7 Å². The SMILES string of the molecule is CCCCCCCCC[C@H](C/C=C/C(=O)OCC)Nc1ccc(OC)cc1. The van der Waals surface area contributed by atoms with E-state index in [0.717, 1.165) is 24.3 Å². The molecule has 1 aromatic carbocycles. The molecule has 0 bridgehead atoms. The van der Waals surface area contributed by atoms with E-state index in [9.17, 15) is 4.79 Å². The Hall–Kier alpha value is -1.97. The second-order valence-corrected chi connectivity index (χ2v) is 6.87. The third-order valence-corrected chi connectivity index (χ3v) is 4.58. The lowest BCUT2D eigenvalue weighted by atomic mass is 10.0. The van der Waals surface area contributed by atoms with Crippen molar-refractivity contribution in [1.29, 1.82) is 0 Å². The van der Waals surface area contributed by atoms with Gasteiger partial charge in [0.25, 0.3) is 0 Å². The van der Waals surface area contributed by atoms with Gasteiger partial charge in [0, 0.05) is 17.8 Å². The number of hydrogen-bond acceptors (Lipinski definition) is 4. The molecule has 4 heteroatoms. The highest BCUT2D eigenvalue weighted by Crippen LogP contribution is 2.19. The number of rotatable bonds is 15. The van der Waals surface area contributed by atoms with E-state index in [1.807, 2.05) is 37.3 Å². The van der Waals surface area contributed by atoms with Crippen LogP contribution in [0.5, 0.6) is 5.75 Å². The van der Waals surface area contributed by atoms with Gasteiger partial charge in [0.1, 0.15) is 5.75 Å². The zero-order valence-corrected chi connectivity index (χ0v) is 17.3. The predicted molar refractivity (Wildman–Crippen MR) is 113 cm³/mol. The minimum atomic E-state index is -0.267. The first-order valence-electron chi connectivity index (χ1n) is 10.4. The summed E-state index contributed by atoms with van der Waals surface area (Å²) in [6.07, 6.45) is 14.5. The fraction of sp³-hybridized carbons (Fsp3) is 0.609. The summed E-state index contributed by atoms with van der Waals surface area (Å²) < 4.78 is 10.2. The molecule has 1 rings (SSSR count). The molecule has 0 aliphatic carbocycles. The molecule has 0 amide bonds. The van der Waals surface area contributed by atoms with Crippen molar-refractivity contribution in [2.75, 3.05) is 19.0 Å². The van der Waals surface area contributed by atoms with Crippen LogP contribution >= 0.6 is 0 Å². The van der Waals surface area contributed by atoms with Crippen molar-refractivity contribution >= 4 is 11.7 Å². The van der Waals surface area contributed by atoms with E-state index in [4.69, 9.17) is 9.47 Å². The molecule has 1 atom stereocenters. The van der Waals surface area contributed by atoms with Crippen LogP contribution in [0, 0.1) is 0 Å². The quantitative estimate of drug-likeness (QED) is 0.228. The van der Waals surface area contributed by atoms with Crippen molar-refractivity contribution in [2.45, 2.75) is 77.7 Å². The fourth-order valence-corrected chi connectivity index (χ4v) is 3.04. The lowest BCUT2D eigenvalue weighted by Gasteiger charge is -2.19. The Morgan fingerprint density at radius 2 is 1.70 bits per heavy atom. The molecule has 0 fully saturated rings. The summed E-state index contributed by atoms with van der Waals surface area (Å²) in [6.45, 7) is 4.48. The molecule has 0 spiro atoms. The van der Waals surface area contributed by atoms with Gasteiger partial charge in [0.15, 0.2) is 0 Å². The second kappa shape index (κ2) is 15.1. The molecular formula is C23H37NO3. The lowest BCUT2D eigenvalue weighted by molar-refractivity contribution is -0.137. The molecule has 0 saturated carbocycles. The molecule has 0 aromatic heterocycles. The van der Waals surface area contributed by atoms with E-state index in [-0.39, 0.29) is 5.97 Å². The minimum Gasteiger partial charge on any atom is -0.497 e. The van der Waals surface area contributed by atoms with Crippen LogP contribution in [0.3, 0.4) is 0 Å². The number of unbranched alkanes of at least 4 members (excludes halogenated alkanes) is 6. The average Bonchev–Trinajstić information content (AvgIpc) is 2.68. The molecule has 0 heterocycles. The number of methoxy groups -OCH3 is 1. The van der Waals surface area contributed by atoms with Crippen molar-refractivity contribution in [3.05, 3.63) is 36.4 Å².